The summed E-state index contributed by atoms with van der Waals surface area (Å²) in [6, 6.07) is 1.99. The Hall–Kier alpha value is -2.05. The maximum atomic E-state index is 12.7. The zero-order valence-electron chi connectivity index (χ0n) is 17.1. The van der Waals surface area contributed by atoms with Crippen LogP contribution in [-0.2, 0) is 16.0 Å². The Morgan fingerprint density at radius 3 is 2.75 bits per heavy atom. The minimum Gasteiger partial charge on any atom is -0.466 e. The Bertz CT molecular complexity index is 652. The number of carbonyl (C=O) groups is 2. The predicted molar refractivity (Wildman–Crippen MR) is 105 cm³/mol. The van der Waals surface area contributed by atoms with Crippen LogP contribution in [0.25, 0.3) is 0 Å². The fourth-order valence-corrected chi connectivity index (χ4v) is 4.36. The first kappa shape index (κ1) is 20.7. The molecule has 0 spiro atoms. The lowest BCUT2D eigenvalue weighted by molar-refractivity contribution is -0.149. The van der Waals surface area contributed by atoms with Gasteiger partial charge in [-0.05, 0) is 57.8 Å². The van der Waals surface area contributed by atoms with E-state index >= 15 is 0 Å². The van der Waals surface area contributed by atoms with Crippen LogP contribution in [0.3, 0.4) is 0 Å². The SMILES string of the molecule is CCCc1cc(C2CCCN2C(=O)NCC2CCC(C(=O)OCC)CC2)no1. The van der Waals surface area contributed by atoms with Crippen LogP contribution in [0.15, 0.2) is 10.6 Å². The summed E-state index contributed by atoms with van der Waals surface area (Å²) in [4.78, 5) is 26.5. The number of ether oxygens (including phenoxy) is 1. The van der Waals surface area contributed by atoms with E-state index in [9.17, 15) is 9.59 Å². The molecular formula is C21H33N3O4. The van der Waals surface area contributed by atoms with Crippen molar-refractivity contribution in [1.29, 1.82) is 0 Å². The molecule has 156 valence electrons. The predicted octanol–water partition coefficient (Wildman–Crippen LogP) is 3.84. The molecule has 7 nitrogen and oxygen atoms in total. The average molecular weight is 392 g/mol. The molecule has 0 radical (unpaired) electrons. The molecule has 2 amide bonds. The van der Waals surface area contributed by atoms with E-state index in [0.717, 1.165) is 69.4 Å². The summed E-state index contributed by atoms with van der Waals surface area (Å²) < 4.78 is 10.5. The number of rotatable bonds is 7. The fraction of sp³-hybridized carbons (Fsp3) is 0.762. The molecule has 2 heterocycles. The van der Waals surface area contributed by atoms with Crippen molar-refractivity contribution in [1.82, 2.24) is 15.4 Å². The number of esters is 1. The third-order valence-electron chi connectivity index (χ3n) is 5.94. The topological polar surface area (TPSA) is 84.7 Å². The van der Waals surface area contributed by atoms with Gasteiger partial charge in [0, 0.05) is 25.6 Å². The quantitative estimate of drug-likeness (QED) is 0.714. The van der Waals surface area contributed by atoms with Gasteiger partial charge in [0.15, 0.2) is 0 Å². The zero-order chi connectivity index (χ0) is 19.9. The van der Waals surface area contributed by atoms with Crippen LogP contribution >= 0.6 is 0 Å². The Morgan fingerprint density at radius 2 is 2.04 bits per heavy atom. The van der Waals surface area contributed by atoms with Gasteiger partial charge in [-0.2, -0.15) is 0 Å². The number of hydrogen-bond acceptors (Lipinski definition) is 5. The number of nitrogens with one attached hydrogen (secondary N) is 1. The lowest BCUT2D eigenvalue weighted by atomic mass is 9.82. The maximum absolute atomic E-state index is 12.7. The van der Waals surface area contributed by atoms with E-state index in [0.29, 0.717) is 19.1 Å². The fourth-order valence-electron chi connectivity index (χ4n) is 4.36. The van der Waals surface area contributed by atoms with E-state index in [-0.39, 0.29) is 24.0 Å². The monoisotopic (exact) mass is 391 g/mol. The van der Waals surface area contributed by atoms with Gasteiger partial charge in [0.2, 0.25) is 0 Å². The van der Waals surface area contributed by atoms with Crippen LogP contribution in [0.4, 0.5) is 4.79 Å². The third kappa shape index (κ3) is 5.06. The van der Waals surface area contributed by atoms with Crippen molar-refractivity contribution in [2.75, 3.05) is 19.7 Å². The highest BCUT2D eigenvalue weighted by molar-refractivity contribution is 5.75. The lowest BCUT2D eigenvalue weighted by Crippen LogP contribution is -2.42. The van der Waals surface area contributed by atoms with E-state index in [2.05, 4.69) is 17.4 Å². The molecule has 2 aliphatic rings. The Labute approximate surface area is 167 Å². The summed E-state index contributed by atoms with van der Waals surface area (Å²) in [6.07, 6.45) is 7.42. The molecule has 1 N–H and O–H groups in total. The highest BCUT2D eigenvalue weighted by Gasteiger charge is 2.33. The molecule has 1 atom stereocenters. The largest absolute Gasteiger partial charge is 0.466 e. The van der Waals surface area contributed by atoms with Gasteiger partial charge in [-0.3, -0.25) is 4.79 Å². The molecule has 7 heteroatoms. The highest BCUT2D eigenvalue weighted by Crippen LogP contribution is 2.32. The highest BCUT2D eigenvalue weighted by atomic mass is 16.5. The second kappa shape index (κ2) is 9.94. The van der Waals surface area contributed by atoms with Crippen LogP contribution in [0.1, 0.15) is 76.3 Å². The van der Waals surface area contributed by atoms with Crippen LogP contribution in [0, 0.1) is 11.8 Å². The molecular weight excluding hydrogens is 358 g/mol. The number of aryl methyl sites for hydroxylation is 1. The molecule has 3 rings (SSSR count). The molecule has 1 unspecified atom stereocenters. The standard InChI is InChI=1S/C21H33N3O4/c1-3-6-17-13-18(23-28-17)19-7-5-12-24(19)21(26)22-14-15-8-10-16(11-9-15)20(25)27-4-2/h13,15-16,19H,3-12,14H2,1-2H3,(H,22,26). The van der Waals surface area contributed by atoms with E-state index in [4.69, 9.17) is 9.26 Å². The first-order chi connectivity index (χ1) is 13.6. The Kier molecular flexibility index (Phi) is 7.34. The molecule has 1 aromatic rings. The third-order valence-corrected chi connectivity index (χ3v) is 5.94. The molecule has 28 heavy (non-hydrogen) atoms. The summed E-state index contributed by atoms with van der Waals surface area (Å²) in [5.74, 6) is 1.28. The average Bonchev–Trinajstić information content (AvgIpc) is 3.36. The smallest absolute Gasteiger partial charge is 0.317 e. The summed E-state index contributed by atoms with van der Waals surface area (Å²) >= 11 is 0. The second-order valence-electron chi connectivity index (χ2n) is 7.98. The summed E-state index contributed by atoms with van der Waals surface area (Å²) in [5.41, 5.74) is 0.867. The minimum atomic E-state index is -0.0695. The molecule has 1 aliphatic heterocycles. The van der Waals surface area contributed by atoms with Crippen LogP contribution < -0.4 is 5.32 Å². The summed E-state index contributed by atoms with van der Waals surface area (Å²) in [5, 5.41) is 7.31. The molecule has 2 fully saturated rings. The summed E-state index contributed by atoms with van der Waals surface area (Å²) in [6.45, 7) is 5.81. The van der Waals surface area contributed by atoms with Crippen molar-refractivity contribution >= 4 is 12.0 Å². The summed E-state index contributed by atoms with van der Waals surface area (Å²) in [7, 11) is 0. The van der Waals surface area contributed by atoms with Crippen molar-refractivity contribution in [2.45, 2.75) is 71.3 Å². The van der Waals surface area contributed by atoms with Crippen molar-refractivity contribution in [2.24, 2.45) is 11.8 Å². The molecule has 1 saturated heterocycles. The molecule has 0 bridgehead atoms. The van der Waals surface area contributed by atoms with Gasteiger partial charge in [-0.15, -0.1) is 0 Å². The van der Waals surface area contributed by atoms with Crippen LogP contribution in [0.2, 0.25) is 0 Å². The number of likely N-dealkylation sites (tertiary alicyclic amines) is 1. The van der Waals surface area contributed by atoms with Gasteiger partial charge in [0.05, 0.1) is 18.6 Å². The molecule has 1 aliphatic carbocycles. The number of hydrogen-bond donors (Lipinski definition) is 1. The van der Waals surface area contributed by atoms with Gasteiger partial charge in [-0.1, -0.05) is 12.1 Å². The van der Waals surface area contributed by atoms with E-state index < -0.39 is 0 Å². The van der Waals surface area contributed by atoms with E-state index in [1.807, 2.05) is 17.9 Å². The molecule has 1 saturated carbocycles. The second-order valence-corrected chi connectivity index (χ2v) is 7.98. The normalized spacial score (nSPS) is 24.9. The van der Waals surface area contributed by atoms with Gasteiger partial charge in [0.25, 0.3) is 0 Å². The van der Waals surface area contributed by atoms with Gasteiger partial charge >= 0.3 is 12.0 Å². The number of carbonyl (C=O) groups excluding carboxylic acids is 2. The Balaban J connectivity index is 1.46. The van der Waals surface area contributed by atoms with Crippen molar-refractivity contribution in [3.8, 4) is 0 Å². The van der Waals surface area contributed by atoms with E-state index in [1.165, 1.54) is 0 Å². The number of amides is 2. The molecule has 0 aromatic carbocycles. The van der Waals surface area contributed by atoms with Crippen molar-refractivity contribution in [3.05, 3.63) is 17.5 Å². The first-order valence-electron chi connectivity index (χ1n) is 10.8. The van der Waals surface area contributed by atoms with E-state index in [1.54, 1.807) is 0 Å². The van der Waals surface area contributed by atoms with Gasteiger partial charge in [-0.25, -0.2) is 4.79 Å². The van der Waals surface area contributed by atoms with Crippen molar-refractivity contribution in [3.63, 3.8) is 0 Å². The maximum Gasteiger partial charge on any atom is 0.317 e. The van der Waals surface area contributed by atoms with Crippen LogP contribution in [0.5, 0.6) is 0 Å². The minimum absolute atomic E-state index is 0.00825. The first-order valence-corrected chi connectivity index (χ1v) is 10.8. The van der Waals surface area contributed by atoms with Crippen molar-refractivity contribution < 1.29 is 18.8 Å². The van der Waals surface area contributed by atoms with Crippen LogP contribution in [-0.4, -0.2) is 41.8 Å². The Morgan fingerprint density at radius 1 is 1.25 bits per heavy atom. The molecule has 1 aromatic heterocycles. The van der Waals surface area contributed by atoms with Gasteiger partial charge in [0.1, 0.15) is 11.5 Å². The van der Waals surface area contributed by atoms with Gasteiger partial charge < -0.3 is 19.5 Å². The number of aromatic nitrogens is 1. The lowest BCUT2D eigenvalue weighted by Gasteiger charge is -2.29. The number of nitrogens with zero attached hydrogens (tertiary/aromatic N) is 2. The number of urea groups is 1. The zero-order valence-corrected chi connectivity index (χ0v) is 17.1.